The standard InChI is InChI=1S/C10H17N3O/c1-4-11-6-9-5-8(2)12-10(13-9)7-14-3/h5,11H,4,6-7H2,1-3H3. The van der Waals surface area contributed by atoms with Crippen molar-refractivity contribution in [2.24, 2.45) is 0 Å². The molecule has 0 radical (unpaired) electrons. The molecule has 0 aromatic carbocycles. The number of methoxy groups -OCH3 is 1. The molecule has 0 amide bonds. The second kappa shape index (κ2) is 5.67. The molecule has 0 atom stereocenters. The number of rotatable bonds is 5. The molecule has 0 bridgehead atoms. The average molecular weight is 195 g/mol. The zero-order valence-electron chi connectivity index (χ0n) is 9.00. The van der Waals surface area contributed by atoms with Crippen molar-refractivity contribution in [1.82, 2.24) is 15.3 Å². The summed E-state index contributed by atoms with van der Waals surface area (Å²) in [7, 11) is 1.65. The molecule has 0 aliphatic heterocycles. The molecule has 1 aromatic heterocycles. The van der Waals surface area contributed by atoms with E-state index in [0.29, 0.717) is 6.61 Å². The van der Waals surface area contributed by atoms with Crippen molar-refractivity contribution in [1.29, 1.82) is 0 Å². The first-order valence-corrected chi connectivity index (χ1v) is 4.79. The Balaban J connectivity index is 2.73. The number of nitrogens with zero attached hydrogens (tertiary/aromatic N) is 2. The van der Waals surface area contributed by atoms with Crippen molar-refractivity contribution < 1.29 is 4.74 Å². The van der Waals surface area contributed by atoms with Crippen LogP contribution in [-0.4, -0.2) is 23.6 Å². The first-order chi connectivity index (χ1) is 6.76. The van der Waals surface area contributed by atoms with Gasteiger partial charge < -0.3 is 10.1 Å². The summed E-state index contributed by atoms with van der Waals surface area (Å²) in [5.74, 6) is 0.750. The van der Waals surface area contributed by atoms with Crippen LogP contribution >= 0.6 is 0 Å². The van der Waals surface area contributed by atoms with Gasteiger partial charge in [-0.05, 0) is 19.5 Å². The Morgan fingerprint density at radius 3 is 2.86 bits per heavy atom. The fourth-order valence-corrected chi connectivity index (χ4v) is 1.24. The van der Waals surface area contributed by atoms with Crippen LogP contribution in [0.5, 0.6) is 0 Å². The number of nitrogens with one attached hydrogen (secondary N) is 1. The summed E-state index contributed by atoms with van der Waals surface area (Å²) < 4.78 is 5.00. The number of aryl methyl sites for hydroxylation is 1. The largest absolute Gasteiger partial charge is 0.377 e. The van der Waals surface area contributed by atoms with E-state index in [0.717, 1.165) is 30.3 Å². The monoisotopic (exact) mass is 195 g/mol. The number of hydrogen-bond donors (Lipinski definition) is 1. The van der Waals surface area contributed by atoms with Gasteiger partial charge in [0.05, 0.1) is 5.69 Å². The molecule has 4 heteroatoms. The molecular weight excluding hydrogens is 178 g/mol. The number of hydrogen-bond acceptors (Lipinski definition) is 4. The Labute approximate surface area is 84.7 Å². The predicted octanol–water partition coefficient (Wildman–Crippen LogP) is 1.04. The molecule has 1 aromatic rings. The van der Waals surface area contributed by atoms with Crippen LogP contribution < -0.4 is 5.32 Å². The average Bonchev–Trinajstić information content (AvgIpc) is 2.14. The summed E-state index contributed by atoms with van der Waals surface area (Å²) in [5, 5.41) is 3.23. The van der Waals surface area contributed by atoms with E-state index in [1.807, 2.05) is 13.0 Å². The lowest BCUT2D eigenvalue weighted by atomic mass is 10.3. The minimum atomic E-state index is 0.473. The summed E-state index contributed by atoms with van der Waals surface area (Å²) >= 11 is 0. The molecule has 1 rings (SSSR count). The van der Waals surface area contributed by atoms with Crippen molar-refractivity contribution in [2.75, 3.05) is 13.7 Å². The molecule has 0 saturated carbocycles. The normalized spacial score (nSPS) is 10.5. The minimum Gasteiger partial charge on any atom is -0.377 e. The maximum Gasteiger partial charge on any atom is 0.154 e. The van der Waals surface area contributed by atoms with Crippen molar-refractivity contribution in [3.63, 3.8) is 0 Å². The Kier molecular flexibility index (Phi) is 4.49. The molecule has 0 fully saturated rings. The molecular formula is C10H17N3O. The van der Waals surface area contributed by atoms with Gasteiger partial charge >= 0.3 is 0 Å². The molecule has 0 aliphatic rings. The topological polar surface area (TPSA) is 47.0 Å². The van der Waals surface area contributed by atoms with Crippen molar-refractivity contribution in [3.05, 3.63) is 23.3 Å². The molecule has 14 heavy (non-hydrogen) atoms. The van der Waals surface area contributed by atoms with Crippen LogP contribution in [0, 0.1) is 6.92 Å². The zero-order chi connectivity index (χ0) is 10.4. The van der Waals surface area contributed by atoms with Gasteiger partial charge in [0.25, 0.3) is 0 Å². The smallest absolute Gasteiger partial charge is 0.154 e. The van der Waals surface area contributed by atoms with Gasteiger partial charge in [-0.15, -0.1) is 0 Å². The molecule has 1 heterocycles. The first-order valence-electron chi connectivity index (χ1n) is 4.79. The van der Waals surface area contributed by atoms with Gasteiger partial charge in [0.15, 0.2) is 5.82 Å². The molecule has 0 aliphatic carbocycles. The van der Waals surface area contributed by atoms with Gasteiger partial charge in [0, 0.05) is 19.3 Å². The fraction of sp³-hybridized carbons (Fsp3) is 0.600. The lowest BCUT2D eigenvalue weighted by Gasteiger charge is -2.05. The second-order valence-corrected chi connectivity index (χ2v) is 3.13. The highest BCUT2D eigenvalue weighted by atomic mass is 16.5. The third-order valence-electron chi connectivity index (χ3n) is 1.78. The fourth-order valence-electron chi connectivity index (χ4n) is 1.24. The summed E-state index contributed by atoms with van der Waals surface area (Å²) in [6.07, 6.45) is 0. The van der Waals surface area contributed by atoms with E-state index < -0.39 is 0 Å². The van der Waals surface area contributed by atoms with Crippen LogP contribution in [0.1, 0.15) is 24.1 Å². The van der Waals surface area contributed by atoms with Gasteiger partial charge in [0.1, 0.15) is 6.61 Å². The van der Waals surface area contributed by atoms with E-state index in [4.69, 9.17) is 4.74 Å². The van der Waals surface area contributed by atoms with E-state index >= 15 is 0 Å². The Hall–Kier alpha value is -1.00. The maximum atomic E-state index is 5.00. The van der Waals surface area contributed by atoms with Crippen LogP contribution in [0.4, 0.5) is 0 Å². The van der Waals surface area contributed by atoms with Crippen LogP contribution in [0.25, 0.3) is 0 Å². The summed E-state index contributed by atoms with van der Waals surface area (Å²) in [6.45, 7) is 6.25. The lowest BCUT2D eigenvalue weighted by Crippen LogP contribution is -2.14. The highest BCUT2D eigenvalue weighted by molar-refractivity contribution is 5.09. The van der Waals surface area contributed by atoms with Crippen LogP contribution in [0.15, 0.2) is 6.07 Å². The zero-order valence-corrected chi connectivity index (χ0v) is 9.00. The molecule has 1 N–H and O–H groups in total. The second-order valence-electron chi connectivity index (χ2n) is 3.13. The summed E-state index contributed by atoms with van der Waals surface area (Å²) in [4.78, 5) is 8.63. The van der Waals surface area contributed by atoms with Crippen molar-refractivity contribution in [2.45, 2.75) is 27.0 Å². The third kappa shape index (κ3) is 3.40. The van der Waals surface area contributed by atoms with Crippen LogP contribution in [0.3, 0.4) is 0 Å². The van der Waals surface area contributed by atoms with Crippen LogP contribution in [0.2, 0.25) is 0 Å². The van der Waals surface area contributed by atoms with Gasteiger partial charge in [0.2, 0.25) is 0 Å². The quantitative estimate of drug-likeness (QED) is 0.762. The maximum absolute atomic E-state index is 5.00. The van der Waals surface area contributed by atoms with E-state index in [1.165, 1.54) is 0 Å². The SMILES string of the molecule is CCNCc1cc(C)nc(COC)n1. The van der Waals surface area contributed by atoms with E-state index in [9.17, 15) is 0 Å². The van der Waals surface area contributed by atoms with Gasteiger partial charge in [-0.3, -0.25) is 0 Å². The van der Waals surface area contributed by atoms with Gasteiger partial charge in [-0.1, -0.05) is 6.92 Å². The first kappa shape index (κ1) is 11.1. The Morgan fingerprint density at radius 2 is 2.21 bits per heavy atom. The molecule has 0 unspecified atom stereocenters. The number of ether oxygens (including phenoxy) is 1. The van der Waals surface area contributed by atoms with Crippen LogP contribution in [-0.2, 0) is 17.9 Å². The molecule has 0 saturated heterocycles. The predicted molar refractivity (Wildman–Crippen MR) is 54.9 cm³/mol. The Morgan fingerprint density at radius 1 is 1.43 bits per heavy atom. The van der Waals surface area contributed by atoms with Gasteiger partial charge in [-0.25, -0.2) is 9.97 Å². The summed E-state index contributed by atoms with van der Waals surface area (Å²) in [6, 6.07) is 1.99. The highest BCUT2D eigenvalue weighted by Gasteiger charge is 2.01. The molecule has 4 nitrogen and oxygen atoms in total. The van der Waals surface area contributed by atoms with Crippen molar-refractivity contribution >= 4 is 0 Å². The molecule has 0 spiro atoms. The highest BCUT2D eigenvalue weighted by Crippen LogP contribution is 2.01. The van der Waals surface area contributed by atoms with E-state index in [-0.39, 0.29) is 0 Å². The lowest BCUT2D eigenvalue weighted by molar-refractivity contribution is 0.177. The van der Waals surface area contributed by atoms with Gasteiger partial charge in [-0.2, -0.15) is 0 Å². The number of aromatic nitrogens is 2. The van der Waals surface area contributed by atoms with E-state index in [1.54, 1.807) is 7.11 Å². The third-order valence-corrected chi connectivity index (χ3v) is 1.78. The minimum absolute atomic E-state index is 0.473. The Bertz CT molecular complexity index is 289. The molecule has 78 valence electrons. The summed E-state index contributed by atoms with van der Waals surface area (Å²) in [5.41, 5.74) is 2.01. The van der Waals surface area contributed by atoms with Crippen molar-refractivity contribution in [3.8, 4) is 0 Å². The van der Waals surface area contributed by atoms with E-state index in [2.05, 4.69) is 22.2 Å².